The number of benzene rings is 3. The number of rotatable bonds is 5. The molecule has 0 aromatic heterocycles. The minimum atomic E-state index is -0.905. The van der Waals surface area contributed by atoms with Crippen LogP contribution in [0.3, 0.4) is 0 Å². The summed E-state index contributed by atoms with van der Waals surface area (Å²) in [4.78, 5) is 16.3. The average Bonchev–Trinajstić information content (AvgIpc) is 2.75. The Balaban J connectivity index is 2.33. The van der Waals surface area contributed by atoms with Crippen LogP contribution in [0.2, 0.25) is 0 Å². The van der Waals surface area contributed by atoms with Crippen LogP contribution in [0.1, 0.15) is 44.4 Å². The lowest BCUT2D eigenvalue weighted by Crippen LogP contribution is -2.52. The molecule has 0 aliphatic heterocycles. The molecule has 29 heavy (non-hydrogen) atoms. The molecule has 0 unspecified atom stereocenters. The number of likely N-dealkylation sites (N-methyl/N-ethyl adjacent to an activating group) is 1. The summed E-state index contributed by atoms with van der Waals surface area (Å²) in [6, 6.07) is 30.5. The topological polar surface area (TPSA) is 20.3 Å². The van der Waals surface area contributed by atoms with Crippen LogP contribution >= 0.6 is 0 Å². The molecule has 1 amide bonds. The second-order valence-corrected chi connectivity index (χ2v) is 8.81. The lowest BCUT2D eigenvalue weighted by Gasteiger charge is -2.43. The zero-order valence-corrected chi connectivity index (χ0v) is 18.1. The molecule has 0 spiro atoms. The van der Waals surface area contributed by atoms with E-state index in [1.165, 1.54) is 0 Å². The fourth-order valence-electron chi connectivity index (χ4n) is 3.96. The highest BCUT2D eigenvalue weighted by Gasteiger charge is 2.47. The van der Waals surface area contributed by atoms with E-state index in [0.717, 1.165) is 16.7 Å². The summed E-state index contributed by atoms with van der Waals surface area (Å²) in [7, 11) is 1.93. The Bertz CT molecular complexity index is 830. The van der Waals surface area contributed by atoms with Crippen molar-refractivity contribution in [2.45, 2.75) is 39.2 Å². The van der Waals surface area contributed by atoms with E-state index in [1.807, 2.05) is 66.5 Å². The Morgan fingerprint density at radius 3 is 1.28 bits per heavy atom. The van der Waals surface area contributed by atoms with E-state index in [4.69, 9.17) is 0 Å². The number of hydrogen-bond acceptors (Lipinski definition) is 1. The molecular formula is C27H31NO. The van der Waals surface area contributed by atoms with E-state index in [0.29, 0.717) is 0 Å². The summed E-state index contributed by atoms with van der Waals surface area (Å²) in [5.41, 5.74) is 2.01. The number of carbonyl (C=O) groups is 1. The van der Waals surface area contributed by atoms with Gasteiger partial charge in [-0.25, -0.2) is 0 Å². The summed E-state index contributed by atoms with van der Waals surface area (Å²) < 4.78 is 0. The first-order valence-electron chi connectivity index (χ1n) is 10.2. The maximum atomic E-state index is 14.4. The quantitative estimate of drug-likeness (QED) is 0.500. The van der Waals surface area contributed by atoms with Crippen molar-refractivity contribution in [3.05, 3.63) is 108 Å². The summed E-state index contributed by atoms with van der Waals surface area (Å²) in [5.74, 6) is 0.0866. The molecule has 0 aliphatic rings. The highest BCUT2D eigenvalue weighted by molar-refractivity contribution is 5.96. The van der Waals surface area contributed by atoms with E-state index in [2.05, 4.69) is 64.1 Å². The predicted octanol–water partition coefficient (Wildman–Crippen LogP) is 5.91. The van der Waals surface area contributed by atoms with Crippen molar-refractivity contribution < 1.29 is 4.79 Å². The molecule has 0 radical (unpaired) electrons. The van der Waals surface area contributed by atoms with Gasteiger partial charge in [-0.15, -0.1) is 0 Å². The molecule has 2 heteroatoms. The molecule has 0 saturated heterocycles. The van der Waals surface area contributed by atoms with Crippen molar-refractivity contribution in [3.8, 4) is 0 Å². The first-order chi connectivity index (χ1) is 13.8. The summed E-state index contributed by atoms with van der Waals surface area (Å²) in [6.45, 7) is 8.66. The monoisotopic (exact) mass is 385 g/mol. The highest BCUT2D eigenvalue weighted by atomic mass is 16.2. The molecular weight excluding hydrogens is 354 g/mol. The van der Waals surface area contributed by atoms with E-state index >= 15 is 0 Å². The third kappa shape index (κ3) is 3.85. The van der Waals surface area contributed by atoms with Crippen LogP contribution in [0.4, 0.5) is 0 Å². The maximum absolute atomic E-state index is 14.4. The van der Waals surface area contributed by atoms with Crippen LogP contribution in [0, 0.1) is 5.41 Å². The third-order valence-corrected chi connectivity index (χ3v) is 6.10. The second-order valence-electron chi connectivity index (χ2n) is 8.81. The normalized spacial score (nSPS) is 13.0. The molecule has 3 aromatic carbocycles. The van der Waals surface area contributed by atoms with Crippen LogP contribution in [0.25, 0.3) is 0 Å². The molecule has 0 aliphatic carbocycles. The van der Waals surface area contributed by atoms with Crippen LogP contribution in [0.15, 0.2) is 91.0 Å². The molecule has 0 bridgehead atoms. The van der Waals surface area contributed by atoms with Crippen molar-refractivity contribution in [2.24, 2.45) is 5.41 Å². The molecule has 150 valence electrons. The Labute approximate surface area is 175 Å². The van der Waals surface area contributed by atoms with Gasteiger partial charge in [0.2, 0.25) is 5.91 Å². The summed E-state index contributed by atoms with van der Waals surface area (Å²) >= 11 is 0. The van der Waals surface area contributed by atoms with Gasteiger partial charge in [-0.3, -0.25) is 4.79 Å². The number of carbonyl (C=O) groups excluding carboxylic acids is 1. The van der Waals surface area contributed by atoms with Gasteiger partial charge in [0.15, 0.2) is 0 Å². The zero-order chi connectivity index (χ0) is 21.1. The predicted molar refractivity (Wildman–Crippen MR) is 121 cm³/mol. The lowest BCUT2D eigenvalue weighted by atomic mass is 9.68. The van der Waals surface area contributed by atoms with Crippen LogP contribution < -0.4 is 0 Å². The van der Waals surface area contributed by atoms with Crippen molar-refractivity contribution in [1.29, 1.82) is 0 Å². The first kappa shape index (κ1) is 20.9. The van der Waals surface area contributed by atoms with Crippen molar-refractivity contribution in [3.63, 3.8) is 0 Å². The second kappa shape index (κ2) is 8.24. The van der Waals surface area contributed by atoms with Gasteiger partial charge in [-0.2, -0.15) is 0 Å². The van der Waals surface area contributed by atoms with Gasteiger partial charge in [-0.05, 0) is 29.0 Å². The van der Waals surface area contributed by atoms with E-state index in [9.17, 15) is 4.79 Å². The fraction of sp³-hybridized carbons (Fsp3) is 0.296. The minimum Gasteiger partial charge on any atom is -0.341 e. The van der Waals surface area contributed by atoms with Gasteiger partial charge in [0.1, 0.15) is 5.41 Å². The van der Waals surface area contributed by atoms with Gasteiger partial charge in [0, 0.05) is 13.1 Å². The average molecular weight is 386 g/mol. The van der Waals surface area contributed by atoms with Crippen LogP contribution in [-0.2, 0) is 10.2 Å². The maximum Gasteiger partial charge on any atom is 0.242 e. The van der Waals surface area contributed by atoms with Crippen LogP contribution in [-0.4, -0.2) is 23.9 Å². The minimum absolute atomic E-state index is 0.0276. The van der Waals surface area contributed by atoms with Crippen LogP contribution in [0.5, 0.6) is 0 Å². The Kier molecular flexibility index (Phi) is 5.93. The van der Waals surface area contributed by atoms with E-state index < -0.39 is 5.41 Å². The third-order valence-electron chi connectivity index (χ3n) is 6.10. The SMILES string of the molecule is C[C@H](N(C)C(=O)C(c1ccccc1)(c1ccccc1)c1ccccc1)C(C)(C)C. The van der Waals surface area contributed by atoms with E-state index in [1.54, 1.807) is 0 Å². The highest BCUT2D eigenvalue weighted by Crippen LogP contribution is 2.42. The molecule has 0 saturated carbocycles. The van der Waals surface area contributed by atoms with Gasteiger partial charge in [0.25, 0.3) is 0 Å². The van der Waals surface area contributed by atoms with Crippen molar-refractivity contribution >= 4 is 5.91 Å². The Morgan fingerprint density at radius 2 is 1.00 bits per heavy atom. The molecule has 0 N–H and O–H groups in total. The van der Waals surface area contributed by atoms with Crippen molar-refractivity contribution in [2.75, 3.05) is 7.05 Å². The number of hydrogen-bond donors (Lipinski definition) is 0. The summed E-state index contributed by atoms with van der Waals surface area (Å²) in [5, 5.41) is 0. The summed E-state index contributed by atoms with van der Waals surface area (Å²) in [6.07, 6.45) is 0. The van der Waals surface area contributed by atoms with Crippen molar-refractivity contribution in [1.82, 2.24) is 4.90 Å². The number of nitrogens with zero attached hydrogens (tertiary/aromatic N) is 1. The Morgan fingerprint density at radius 1 is 0.690 bits per heavy atom. The molecule has 0 fully saturated rings. The molecule has 2 nitrogen and oxygen atoms in total. The van der Waals surface area contributed by atoms with Gasteiger partial charge >= 0.3 is 0 Å². The van der Waals surface area contributed by atoms with E-state index in [-0.39, 0.29) is 17.4 Å². The molecule has 1 atom stereocenters. The number of amides is 1. The first-order valence-corrected chi connectivity index (χ1v) is 10.2. The largest absolute Gasteiger partial charge is 0.341 e. The Hall–Kier alpha value is -2.87. The smallest absolute Gasteiger partial charge is 0.242 e. The fourth-order valence-corrected chi connectivity index (χ4v) is 3.96. The molecule has 3 aromatic rings. The lowest BCUT2D eigenvalue weighted by molar-refractivity contribution is -0.137. The van der Waals surface area contributed by atoms with Gasteiger partial charge < -0.3 is 4.90 Å². The van der Waals surface area contributed by atoms with Gasteiger partial charge in [-0.1, -0.05) is 112 Å². The molecule has 0 heterocycles. The zero-order valence-electron chi connectivity index (χ0n) is 18.1. The standard InChI is InChI=1S/C27H31NO/c1-21(26(2,3)4)28(5)25(29)27(22-15-9-6-10-16-22,23-17-11-7-12-18-23)24-19-13-8-14-20-24/h6-21H,1-5H3/t21-/m0/s1. The van der Waals surface area contributed by atoms with Gasteiger partial charge in [0.05, 0.1) is 0 Å². The molecule has 3 rings (SSSR count).